The number of hydrogen-bond acceptors (Lipinski definition) is 5. The van der Waals surface area contributed by atoms with E-state index in [0.717, 1.165) is 6.26 Å². The van der Waals surface area contributed by atoms with Gasteiger partial charge in [-0.25, -0.2) is 13.2 Å². The quantitative estimate of drug-likeness (QED) is 0.798. The lowest BCUT2D eigenvalue weighted by molar-refractivity contribution is -0.144. The third kappa shape index (κ3) is 4.30. The van der Waals surface area contributed by atoms with Crippen molar-refractivity contribution in [3.05, 3.63) is 29.8 Å². The van der Waals surface area contributed by atoms with Crippen LogP contribution in [0.2, 0.25) is 0 Å². The molecule has 1 aromatic carbocycles. The van der Waals surface area contributed by atoms with Gasteiger partial charge in [0.2, 0.25) is 0 Å². The molecule has 1 rings (SSSR count). The van der Waals surface area contributed by atoms with Gasteiger partial charge in [0.15, 0.2) is 9.84 Å². The third-order valence-electron chi connectivity index (χ3n) is 3.49. The maximum absolute atomic E-state index is 12.4. The van der Waals surface area contributed by atoms with Crippen molar-refractivity contribution in [2.24, 2.45) is 5.92 Å². The number of nitrogens with one attached hydrogen (secondary N) is 1. The number of esters is 1. The molecule has 0 aromatic heterocycles. The van der Waals surface area contributed by atoms with Gasteiger partial charge in [0.05, 0.1) is 17.6 Å². The molecule has 122 valence electrons. The van der Waals surface area contributed by atoms with Crippen molar-refractivity contribution in [2.45, 2.75) is 31.2 Å². The van der Waals surface area contributed by atoms with Crippen molar-refractivity contribution >= 4 is 21.7 Å². The van der Waals surface area contributed by atoms with E-state index in [0.29, 0.717) is 6.42 Å². The monoisotopic (exact) mass is 327 g/mol. The minimum atomic E-state index is -3.54. The highest BCUT2D eigenvalue weighted by Crippen LogP contribution is 2.17. The molecule has 6 nitrogen and oxygen atoms in total. The molecule has 0 aliphatic carbocycles. The van der Waals surface area contributed by atoms with Crippen molar-refractivity contribution in [1.82, 2.24) is 5.32 Å². The largest absolute Gasteiger partial charge is 0.467 e. The molecule has 1 N–H and O–H groups in total. The molecule has 0 heterocycles. The summed E-state index contributed by atoms with van der Waals surface area (Å²) >= 11 is 0. The second kappa shape index (κ2) is 7.40. The van der Waals surface area contributed by atoms with Crippen LogP contribution in [0.4, 0.5) is 0 Å². The molecule has 0 bridgehead atoms. The minimum Gasteiger partial charge on any atom is -0.467 e. The lowest BCUT2D eigenvalue weighted by Crippen LogP contribution is -2.45. The number of hydrogen-bond donors (Lipinski definition) is 1. The number of carbonyl (C=O) groups is 2. The van der Waals surface area contributed by atoms with Gasteiger partial charge in [-0.05, 0) is 18.1 Å². The van der Waals surface area contributed by atoms with Crippen LogP contribution in [-0.2, 0) is 19.4 Å². The summed E-state index contributed by atoms with van der Waals surface area (Å²) in [7, 11) is -2.30. The maximum Gasteiger partial charge on any atom is 0.328 e. The number of amides is 1. The smallest absolute Gasteiger partial charge is 0.328 e. The van der Waals surface area contributed by atoms with Gasteiger partial charge in [0.1, 0.15) is 6.04 Å². The molecule has 1 amide bonds. The normalized spacial score (nSPS) is 14.0. The van der Waals surface area contributed by atoms with E-state index >= 15 is 0 Å². The molecule has 0 fully saturated rings. The number of ether oxygens (including phenoxy) is 1. The van der Waals surface area contributed by atoms with Crippen molar-refractivity contribution in [3.8, 4) is 0 Å². The molecule has 1 aromatic rings. The first kappa shape index (κ1) is 18.2. The van der Waals surface area contributed by atoms with Gasteiger partial charge in [0, 0.05) is 6.26 Å². The average molecular weight is 327 g/mol. The molecule has 0 saturated heterocycles. The first-order chi connectivity index (χ1) is 10.2. The Morgan fingerprint density at radius 3 is 2.36 bits per heavy atom. The Balaban J connectivity index is 3.14. The zero-order valence-corrected chi connectivity index (χ0v) is 13.9. The number of sulfone groups is 1. The molecular formula is C15H21NO5S. The van der Waals surface area contributed by atoms with Gasteiger partial charge < -0.3 is 10.1 Å². The van der Waals surface area contributed by atoms with Crippen molar-refractivity contribution < 1.29 is 22.7 Å². The summed E-state index contributed by atoms with van der Waals surface area (Å²) in [6, 6.07) is 5.06. The Morgan fingerprint density at radius 2 is 1.86 bits per heavy atom. The van der Waals surface area contributed by atoms with Gasteiger partial charge in [-0.3, -0.25) is 4.79 Å². The van der Waals surface area contributed by atoms with E-state index < -0.39 is 27.8 Å². The van der Waals surface area contributed by atoms with Crippen molar-refractivity contribution in [3.63, 3.8) is 0 Å². The fourth-order valence-corrected chi connectivity index (χ4v) is 2.88. The lowest BCUT2D eigenvalue weighted by Gasteiger charge is -2.22. The van der Waals surface area contributed by atoms with Crippen molar-refractivity contribution in [2.75, 3.05) is 13.4 Å². The fraction of sp³-hybridized carbons (Fsp3) is 0.467. The molecule has 0 aliphatic rings. The molecule has 0 aliphatic heterocycles. The van der Waals surface area contributed by atoms with E-state index in [1.54, 1.807) is 12.1 Å². The zero-order chi connectivity index (χ0) is 16.9. The molecule has 7 heteroatoms. The van der Waals surface area contributed by atoms with Crippen LogP contribution in [0.5, 0.6) is 0 Å². The van der Waals surface area contributed by atoms with Gasteiger partial charge in [-0.15, -0.1) is 0 Å². The Hall–Kier alpha value is -1.89. The number of carbonyl (C=O) groups excluding carboxylic acids is 2. The molecule has 22 heavy (non-hydrogen) atoms. The highest BCUT2D eigenvalue weighted by molar-refractivity contribution is 7.90. The fourth-order valence-electron chi connectivity index (χ4n) is 1.99. The molecule has 0 radical (unpaired) electrons. The van der Waals surface area contributed by atoms with Crippen LogP contribution in [0.3, 0.4) is 0 Å². The average Bonchev–Trinajstić information content (AvgIpc) is 2.50. The van der Waals surface area contributed by atoms with E-state index in [2.05, 4.69) is 5.32 Å². The Morgan fingerprint density at radius 1 is 1.27 bits per heavy atom. The molecular weight excluding hydrogens is 306 g/mol. The highest BCUT2D eigenvalue weighted by Gasteiger charge is 2.28. The van der Waals surface area contributed by atoms with E-state index in [1.165, 1.54) is 19.2 Å². The Kier molecular flexibility index (Phi) is 6.11. The van der Waals surface area contributed by atoms with Gasteiger partial charge in [-0.1, -0.05) is 32.4 Å². The van der Waals surface area contributed by atoms with Crippen LogP contribution in [0, 0.1) is 5.92 Å². The first-order valence-corrected chi connectivity index (χ1v) is 8.79. The summed E-state index contributed by atoms with van der Waals surface area (Å²) in [5, 5.41) is 2.57. The number of benzene rings is 1. The standard InChI is InChI=1S/C15H21NO5S/c1-5-10(2)13(15(18)21-3)16-14(17)11-8-6-7-9-12(11)22(4,19)20/h6-10,13H,5H2,1-4H3,(H,16,17)/t10-,13-/m1/s1. The predicted octanol–water partition coefficient (Wildman–Crippen LogP) is 1.41. The molecule has 0 unspecified atom stereocenters. The third-order valence-corrected chi connectivity index (χ3v) is 4.64. The van der Waals surface area contributed by atoms with Gasteiger partial charge in [0.25, 0.3) is 5.91 Å². The van der Waals surface area contributed by atoms with Gasteiger partial charge in [-0.2, -0.15) is 0 Å². The topological polar surface area (TPSA) is 89.5 Å². The van der Waals surface area contributed by atoms with Crippen LogP contribution in [0.1, 0.15) is 30.6 Å². The minimum absolute atomic E-state index is 0.0159. The summed E-state index contributed by atoms with van der Waals surface area (Å²) in [6.45, 7) is 3.70. The summed E-state index contributed by atoms with van der Waals surface area (Å²) in [6.07, 6.45) is 1.69. The second-order valence-corrected chi connectivity index (χ2v) is 7.11. The molecule has 2 atom stereocenters. The maximum atomic E-state index is 12.4. The molecule has 0 saturated carbocycles. The second-order valence-electron chi connectivity index (χ2n) is 5.13. The zero-order valence-electron chi connectivity index (χ0n) is 13.1. The van der Waals surface area contributed by atoms with Crippen LogP contribution >= 0.6 is 0 Å². The van der Waals surface area contributed by atoms with Crippen molar-refractivity contribution in [1.29, 1.82) is 0 Å². The van der Waals surface area contributed by atoms with E-state index in [9.17, 15) is 18.0 Å². The number of rotatable bonds is 6. The van der Waals surface area contributed by atoms with Gasteiger partial charge >= 0.3 is 5.97 Å². The van der Waals surface area contributed by atoms with E-state index in [-0.39, 0.29) is 16.4 Å². The van der Waals surface area contributed by atoms with Crippen LogP contribution < -0.4 is 5.32 Å². The first-order valence-electron chi connectivity index (χ1n) is 6.90. The Bertz CT molecular complexity index is 654. The summed E-state index contributed by atoms with van der Waals surface area (Å²) in [5.74, 6) is -1.31. The van der Waals surface area contributed by atoms with Crippen LogP contribution in [0.25, 0.3) is 0 Å². The van der Waals surface area contributed by atoms with E-state index in [4.69, 9.17) is 4.74 Å². The lowest BCUT2D eigenvalue weighted by atomic mass is 9.99. The summed E-state index contributed by atoms with van der Waals surface area (Å²) < 4.78 is 28.2. The van der Waals surface area contributed by atoms with E-state index in [1.807, 2.05) is 13.8 Å². The Labute approximate surface area is 130 Å². The van der Waals surface area contributed by atoms with Crippen LogP contribution in [-0.4, -0.2) is 39.7 Å². The highest BCUT2D eigenvalue weighted by atomic mass is 32.2. The molecule has 0 spiro atoms. The predicted molar refractivity (Wildman–Crippen MR) is 82.3 cm³/mol. The SMILES string of the molecule is CC[C@@H](C)[C@@H](NC(=O)c1ccccc1S(C)(=O)=O)C(=O)OC. The van der Waals surface area contributed by atoms with Crippen LogP contribution in [0.15, 0.2) is 29.2 Å². The summed E-state index contributed by atoms with van der Waals surface area (Å²) in [5.41, 5.74) is 0.0159. The summed E-state index contributed by atoms with van der Waals surface area (Å²) in [4.78, 5) is 24.1. The number of methoxy groups -OCH3 is 1.